The Hall–Kier alpha value is -3.42. The molecule has 0 saturated heterocycles. The predicted molar refractivity (Wildman–Crippen MR) is 102 cm³/mol. The Morgan fingerprint density at radius 1 is 1.29 bits per heavy atom. The van der Waals surface area contributed by atoms with Crippen molar-refractivity contribution >= 4 is 34.3 Å². The van der Waals surface area contributed by atoms with Crippen LogP contribution < -0.4 is 15.4 Å². The van der Waals surface area contributed by atoms with Gasteiger partial charge < -0.3 is 19.9 Å². The number of pyridine rings is 1. The van der Waals surface area contributed by atoms with Gasteiger partial charge >= 0.3 is 0 Å². The normalized spacial score (nSPS) is 18.4. The molecule has 1 atom stereocenters. The van der Waals surface area contributed by atoms with Gasteiger partial charge in [-0.3, -0.25) is 9.59 Å². The molecule has 2 aromatic heterocycles. The lowest BCUT2D eigenvalue weighted by atomic mass is 10.1. The molecule has 1 aliphatic heterocycles. The van der Waals surface area contributed by atoms with Crippen molar-refractivity contribution in [3.05, 3.63) is 41.2 Å². The number of aryl methyl sites for hydroxylation is 1. The fraction of sp³-hybridized carbons (Fsp3) is 0.300. The number of amides is 2. The van der Waals surface area contributed by atoms with E-state index in [4.69, 9.17) is 9.26 Å². The van der Waals surface area contributed by atoms with E-state index >= 15 is 0 Å². The maximum absolute atomic E-state index is 13.0. The minimum absolute atomic E-state index is 0.221. The molecule has 0 spiro atoms. The number of hydrogen-bond acceptors (Lipinski definition) is 6. The third-order valence-electron chi connectivity index (χ3n) is 5.05. The molecule has 1 aliphatic carbocycles. The summed E-state index contributed by atoms with van der Waals surface area (Å²) in [5.74, 6) is 0.444. The Balaban J connectivity index is 1.48. The van der Waals surface area contributed by atoms with Crippen LogP contribution in [0.2, 0.25) is 0 Å². The van der Waals surface area contributed by atoms with Crippen LogP contribution in [-0.2, 0) is 4.79 Å². The molecule has 1 aromatic carbocycles. The van der Waals surface area contributed by atoms with E-state index < -0.39 is 6.10 Å². The van der Waals surface area contributed by atoms with Gasteiger partial charge in [0.25, 0.3) is 17.5 Å². The fourth-order valence-electron chi connectivity index (χ4n) is 3.37. The van der Waals surface area contributed by atoms with E-state index in [1.807, 2.05) is 6.07 Å². The molecule has 3 heterocycles. The van der Waals surface area contributed by atoms with Crippen molar-refractivity contribution in [2.45, 2.75) is 38.7 Å². The summed E-state index contributed by atoms with van der Waals surface area (Å²) in [6.07, 6.45) is 1.58. The van der Waals surface area contributed by atoms with Crippen LogP contribution in [0, 0.1) is 6.92 Å². The molecule has 5 rings (SSSR count). The standard InChI is InChI=1S/C20H18N4O4/c1-9-17-13(8-14(11-3-4-11)23-20(17)28-24-9)19(26)21-12-5-6-16-15(7-12)22-18(25)10(2)27-16/h5-8,10-11H,3-4H2,1-2H3,(H,21,26)(H,22,25). The van der Waals surface area contributed by atoms with Gasteiger partial charge in [-0.15, -0.1) is 0 Å². The molecule has 1 unspecified atom stereocenters. The van der Waals surface area contributed by atoms with Gasteiger partial charge in [0.2, 0.25) is 0 Å². The lowest BCUT2D eigenvalue weighted by Gasteiger charge is -2.23. The molecule has 0 bridgehead atoms. The number of rotatable bonds is 3. The number of fused-ring (bicyclic) bond motifs is 2. The average Bonchev–Trinajstić information content (AvgIpc) is 3.46. The first-order chi connectivity index (χ1) is 13.5. The Bertz CT molecular complexity index is 1130. The summed E-state index contributed by atoms with van der Waals surface area (Å²) in [4.78, 5) is 29.4. The molecule has 0 radical (unpaired) electrons. The third kappa shape index (κ3) is 2.77. The summed E-state index contributed by atoms with van der Waals surface area (Å²) in [5.41, 5.74) is 3.42. The third-order valence-corrected chi connectivity index (χ3v) is 5.05. The molecule has 2 N–H and O–H groups in total. The number of carbonyl (C=O) groups is 2. The zero-order valence-electron chi connectivity index (χ0n) is 15.4. The van der Waals surface area contributed by atoms with Gasteiger partial charge in [-0.1, -0.05) is 5.16 Å². The van der Waals surface area contributed by atoms with Crippen molar-refractivity contribution in [2.24, 2.45) is 0 Å². The number of ether oxygens (including phenoxy) is 1. The van der Waals surface area contributed by atoms with Crippen LogP contribution in [0.5, 0.6) is 5.75 Å². The molecular formula is C20H18N4O4. The second-order valence-corrected chi connectivity index (χ2v) is 7.23. The van der Waals surface area contributed by atoms with E-state index in [1.165, 1.54) is 0 Å². The van der Waals surface area contributed by atoms with E-state index in [2.05, 4.69) is 20.8 Å². The van der Waals surface area contributed by atoms with Crippen LogP contribution in [0.3, 0.4) is 0 Å². The summed E-state index contributed by atoms with van der Waals surface area (Å²) < 4.78 is 10.8. The molecule has 1 saturated carbocycles. The first-order valence-corrected chi connectivity index (χ1v) is 9.19. The topological polar surface area (TPSA) is 106 Å². The maximum atomic E-state index is 13.0. The van der Waals surface area contributed by atoms with Gasteiger partial charge in [-0.25, -0.2) is 4.98 Å². The highest BCUT2D eigenvalue weighted by molar-refractivity contribution is 6.12. The van der Waals surface area contributed by atoms with Crippen LogP contribution in [0.4, 0.5) is 11.4 Å². The van der Waals surface area contributed by atoms with Gasteiger partial charge in [0.05, 0.1) is 22.3 Å². The van der Waals surface area contributed by atoms with Gasteiger partial charge in [-0.2, -0.15) is 0 Å². The molecule has 3 aromatic rings. The van der Waals surface area contributed by atoms with Gasteiger partial charge in [0.1, 0.15) is 5.75 Å². The Labute approximate surface area is 160 Å². The highest BCUT2D eigenvalue weighted by atomic mass is 16.5. The maximum Gasteiger partial charge on any atom is 0.265 e. The number of carbonyl (C=O) groups excluding carboxylic acids is 2. The van der Waals surface area contributed by atoms with Gasteiger partial charge in [0.15, 0.2) is 6.10 Å². The summed E-state index contributed by atoms with van der Waals surface area (Å²) in [7, 11) is 0. The Kier molecular flexibility index (Phi) is 3.61. The van der Waals surface area contributed by atoms with Gasteiger partial charge in [-0.05, 0) is 51.0 Å². The van der Waals surface area contributed by atoms with Crippen LogP contribution in [0.25, 0.3) is 11.1 Å². The van der Waals surface area contributed by atoms with Crippen molar-refractivity contribution in [3.8, 4) is 5.75 Å². The number of benzene rings is 1. The fourth-order valence-corrected chi connectivity index (χ4v) is 3.37. The Morgan fingerprint density at radius 3 is 2.89 bits per heavy atom. The summed E-state index contributed by atoms with van der Waals surface area (Å²) in [5, 5.41) is 10.2. The van der Waals surface area contributed by atoms with Crippen molar-refractivity contribution in [1.82, 2.24) is 10.1 Å². The average molecular weight is 378 g/mol. The second-order valence-electron chi connectivity index (χ2n) is 7.23. The number of nitrogens with zero attached hydrogens (tertiary/aromatic N) is 2. The zero-order chi connectivity index (χ0) is 19.4. The highest BCUT2D eigenvalue weighted by Crippen LogP contribution is 2.40. The van der Waals surface area contributed by atoms with Crippen LogP contribution in [0.1, 0.15) is 47.4 Å². The zero-order valence-corrected chi connectivity index (χ0v) is 15.4. The molecule has 8 nitrogen and oxygen atoms in total. The summed E-state index contributed by atoms with van der Waals surface area (Å²) >= 11 is 0. The smallest absolute Gasteiger partial charge is 0.265 e. The molecule has 2 amide bonds. The van der Waals surface area contributed by atoms with E-state index in [0.29, 0.717) is 45.4 Å². The summed E-state index contributed by atoms with van der Waals surface area (Å²) in [6.45, 7) is 3.47. The largest absolute Gasteiger partial charge is 0.479 e. The van der Waals surface area contributed by atoms with Crippen molar-refractivity contribution in [2.75, 3.05) is 10.6 Å². The lowest BCUT2D eigenvalue weighted by Crippen LogP contribution is -2.34. The Morgan fingerprint density at radius 2 is 2.11 bits per heavy atom. The predicted octanol–water partition coefficient (Wildman–Crippen LogP) is 3.38. The SMILES string of the molecule is Cc1noc2nc(C3CC3)cc(C(=O)Nc3ccc4c(c3)NC(=O)C(C)O4)c12. The molecule has 2 aliphatic rings. The molecule has 142 valence electrons. The van der Waals surface area contributed by atoms with Crippen LogP contribution >= 0.6 is 0 Å². The van der Waals surface area contributed by atoms with Gasteiger partial charge in [0, 0.05) is 17.3 Å². The van der Waals surface area contributed by atoms with E-state index in [-0.39, 0.29) is 11.8 Å². The number of nitrogens with one attached hydrogen (secondary N) is 2. The monoisotopic (exact) mass is 378 g/mol. The van der Waals surface area contributed by atoms with E-state index in [0.717, 1.165) is 18.5 Å². The van der Waals surface area contributed by atoms with Crippen molar-refractivity contribution in [1.29, 1.82) is 0 Å². The minimum atomic E-state index is -0.546. The van der Waals surface area contributed by atoms with E-state index in [1.54, 1.807) is 32.0 Å². The molecule has 8 heteroatoms. The van der Waals surface area contributed by atoms with Crippen molar-refractivity contribution < 1.29 is 18.8 Å². The minimum Gasteiger partial charge on any atom is -0.479 e. The first-order valence-electron chi connectivity index (χ1n) is 9.19. The number of anilines is 2. The van der Waals surface area contributed by atoms with Crippen LogP contribution in [-0.4, -0.2) is 28.1 Å². The number of aromatic nitrogens is 2. The van der Waals surface area contributed by atoms with Crippen LogP contribution in [0.15, 0.2) is 28.8 Å². The molecular weight excluding hydrogens is 360 g/mol. The quantitative estimate of drug-likeness (QED) is 0.724. The number of hydrogen-bond donors (Lipinski definition) is 2. The molecule has 1 fully saturated rings. The second kappa shape index (κ2) is 6.05. The van der Waals surface area contributed by atoms with E-state index in [9.17, 15) is 9.59 Å². The lowest BCUT2D eigenvalue weighted by molar-refractivity contribution is -0.122. The molecule has 28 heavy (non-hydrogen) atoms. The highest BCUT2D eigenvalue weighted by Gasteiger charge is 2.29. The first kappa shape index (κ1) is 16.7. The van der Waals surface area contributed by atoms with Crippen molar-refractivity contribution in [3.63, 3.8) is 0 Å². The summed E-state index contributed by atoms with van der Waals surface area (Å²) in [6, 6.07) is 6.97.